The van der Waals surface area contributed by atoms with Crippen molar-refractivity contribution in [3.63, 3.8) is 0 Å². The molecule has 1 unspecified atom stereocenters. The van der Waals surface area contributed by atoms with E-state index in [1.807, 2.05) is 0 Å². The molecule has 1 aromatic carbocycles. The summed E-state index contributed by atoms with van der Waals surface area (Å²) in [6, 6.07) is 6.31. The van der Waals surface area contributed by atoms with Crippen molar-refractivity contribution in [1.29, 1.82) is 0 Å². The van der Waals surface area contributed by atoms with E-state index in [4.69, 9.17) is 14.9 Å². The van der Waals surface area contributed by atoms with Crippen LogP contribution in [0.25, 0.3) is 11.5 Å². The lowest BCUT2D eigenvalue weighted by Crippen LogP contribution is -2.40. The number of carbonyl (C=O) groups is 1. The number of nitrogens with zero attached hydrogens (tertiary/aromatic N) is 3. The second-order valence-corrected chi connectivity index (χ2v) is 8.81. The maximum atomic E-state index is 12.7. The number of carbonyl (C=O) groups excluding carboxylic acids is 1. The standard InChI is InChI=1S/C15H18N4O5S2/c1-10(13(16)20)25-15-18-17-14(24-15)11-3-2-4-12(9-11)26(21,22)19-5-7-23-8-6-19/h2-4,9-10H,5-8H2,1H3,(H2,16,20). The number of thioether (sulfide) groups is 1. The summed E-state index contributed by atoms with van der Waals surface area (Å²) in [5.74, 6) is -0.323. The zero-order valence-electron chi connectivity index (χ0n) is 14.0. The fraction of sp³-hybridized carbons (Fsp3) is 0.400. The van der Waals surface area contributed by atoms with Gasteiger partial charge in [-0.3, -0.25) is 4.79 Å². The van der Waals surface area contributed by atoms with Crippen molar-refractivity contribution in [3.8, 4) is 11.5 Å². The Morgan fingerprint density at radius 2 is 2.04 bits per heavy atom. The number of ether oxygens (including phenoxy) is 1. The van der Waals surface area contributed by atoms with E-state index in [9.17, 15) is 13.2 Å². The van der Waals surface area contributed by atoms with Gasteiger partial charge in [-0.25, -0.2) is 8.42 Å². The Kier molecular flexibility index (Phi) is 5.61. The minimum atomic E-state index is -3.62. The van der Waals surface area contributed by atoms with Crippen LogP contribution in [0.1, 0.15) is 6.92 Å². The summed E-state index contributed by atoms with van der Waals surface area (Å²) >= 11 is 1.04. The molecule has 9 nitrogen and oxygen atoms in total. The number of amides is 1. The molecule has 0 radical (unpaired) electrons. The first-order chi connectivity index (χ1) is 12.4. The number of hydrogen-bond donors (Lipinski definition) is 1. The SMILES string of the molecule is CC(Sc1nnc(-c2cccc(S(=O)(=O)N3CCOCC3)c2)o1)C(N)=O. The molecule has 0 bridgehead atoms. The quantitative estimate of drug-likeness (QED) is 0.705. The number of nitrogens with two attached hydrogens (primary N) is 1. The van der Waals surface area contributed by atoms with Crippen LogP contribution < -0.4 is 5.73 Å². The van der Waals surface area contributed by atoms with Gasteiger partial charge >= 0.3 is 0 Å². The van der Waals surface area contributed by atoms with Gasteiger partial charge < -0.3 is 14.9 Å². The van der Waals surface area contributed by atoms with Crippen LogP contribution in [0, 0.1) is 0 Å². The van der Waals surface area contributed by atoms with Crippen molar-refractivity contribution in [1.82, 2.24) is 14.5 Å². The monoisotopic (exact) mass is 398 g/mol. The predicted octanol–water partition coefficient (Wildman–Crippen LogP) is 0.723. The van der Waals surface area contributed by atoms with Crippen LogP contribution in [0.5, 0.6) is 0 Å². The van der Waals surface area contributed by atoms with Crippen LogP contribution in [0.4, 0.5) is 0 Å². The largest absolute Gasteiger partial charge is 0.411 e. The van der Waals surface area contributed by atoms with Crippen LogP contribution in [-0.4, -0.2) is 60.4 Å². The average molecular weight is 398 g/mol. The van der Waals surface area contributed by atoms with E-state index in [1.54, 1.807) is 19.1 Å². The fourth-order valence-electron chi connectivity index (χ4n) is 2.31. The van der Waals surface area contributed by atoms with Crippen molar-refractivity contribution < 1.29 is 22.4 Å². The fourth-order valence-corrected chi connectivity index (χ4v) is 4.40. The molecule has 2 aromatic rings. The molecule has 1 amide bonds. The van der Waals surface area contributed by atoms with Crippen molar-refractivity contribution in [2.75, 3.05) is 26.3 Å². The first kappa shape index (κ1) is 18.8. The molecule has 0 saturated carbocycles. The van der Waals surface area contributed by atoms with E-state index < -0.39 is 21.2 Å². The molecular formula is C15H18N4O5S2. The van der Waals surface area contributed by atoms with E-state index in [0.29, 0.717) is 31.9 Å². The third kappa shape index (κ3) is 4.06. The van der Waals surface area contributed by atoms with Gasteiger partial charge in [0.15, 0.2) is 0 Å². The highest BCUT2D eigenvalue weighted by Gasteiger charge is 2.27. The van der Waals surface area contributed by atoms with Crippen LogP contribution in [0.2, 0.25) is 0 Å². The maximum Gasteiger partial charge on any atom is 0.277 e. The molecule has 1 atom stereocenters. The van der Waals surface area contributed by atoms with Gasteiger partial charge in [0.25, 0.3) is 5.22 Å². The molecule has 3 rings (SSSR count). The molecule has 1 saturated heterocycles. The van der Waals surface area contributed by atoms with Crippen LogP contribution in [-0.2, 0) is 19.6 Å². The van der Waals surface area contributed by atoms with Gasteiger partial charge in [-0.1, -0.05) is 17.8 Å². The van der Waals surface area contributed by atoms with E-state index in [-0.39, 0.29) is 16.0 Å². The summed E-state index contributed by atoms with van der Waals surface area (Å²) in [6.07, 6.45) is 0. The summed E-state index contributed by atoms with van der Waals surface area (Å²) in [5.41, 5.74) is 5.69. The molecule has 11 heteroatoms. The summed E-state index contributed by atoms with van der Waals surface area (Å²) in [6.45, 7) is 3.02. The Hall–Kier alpha value is -1.95. The lowest BCUT2D eigenvalue weighted by atomic mass is 10.2. The smallest absolute Gasteiger partial charge is 0.277 e. The average Bonchev–Trinajstić information content (AvgIpc) is 3.11. The molecule has 140 valence electrons. The second-order valence-electron chi connectivity index (χ2n) is 5.58. The lowest BCUT2D eigenvalue weighted by Gasteiger charge is -2.26. The molecule has 2 heterocycles. The normalized spacial score (nSPS) is 17.1. The minimum Gasteiger partial charge on any atom is -0.411 e. The van der Waals surface area contributed by atoms with Crippen molar-refractivity contribution in [3.05, 3.63) is 24.3 Å². The topological polar surface area (TPSA) is 129 Å². The summed E-state index contributed by atoms with van der Waals surface area (Å²) in [5, 5.41) is 7.45. The number of primary amides is 1. The highest BCUT2D eigenvalue weighted by molar-refractivity contribution is 8.00. The Labute approximate surface area is 154 Å². The number of rotatable bonds is 6. The van der Waals surface area contributed by atoms with E-state index in [1.165, 1.54) is 16.4 Å². The summed E-state index contributed by atoms with van der Waals surface area (Å²) in [7, 11) is -3.62. The molecule has 1 aromatic heterocycles. The van der Waals surface area contributed by atoms with Crippen molar-refractivity contribution in [2.24, 2.45) is 5.73 Å². The number of sulfonamides is 1. The third-order valence-electron chi connectivity index (χ3n) is 3.77. The molecule has 2 N–H and O–H groups in total. The molecular weight excluding hydrogens is 380 g/mol. The zero-order valence-corrected chi connectivity index (χ0v) is 15.6. The molecule has 0 aliphatic carbocycles. The Bertz CT molecular complexity index is 893. The molecule has 0 spiro atoms. The Balaban J connectivity index is 1.83. The van der Waals surface area contributed by atoms with E-state index >= 15 is 0 Å². The third-order valence-corrected chi connectivity index (χ3v) is 6.62. The number of benzene rings is 1. The van der Waals surface area contributed by atoms with E-state index in [2.05, 4.69) is 10.2 Å². The van der Waals surface area contributed by atoms with E-state index in [0.717, 1.165) is 11.8 Å². The summed E-state index contributed by atoms with van der Waals surface area (Å²) < 4.78 is 37.6. The van der Waals surface area contributed by atoms with Crippen LogP contribution >= 0.6 is 11.8 Å². The maximum absolute atomic E-state index is 12.7. The zero-order chi connectivity index (χ0) is 18.7. The minimum absolute atomic E-state index is 0.148. The Morgan fingerprint density at radius 1 is 1.31 bits per heavy atom. The second kappa shape index (κ2) is 7.74. The molecule has 1 aliphatic heterocycles. The van der Waals surface area contributed by atoms with Crippen molar-refractivity contribution >= 4 is 27.7 Å². The molecule has 1 fully saturated rings. The van der Waals surface area contributed by atoms with Crippen molar-refractivity contribution in [2.45, 2.75) is 22.3 Å². The van der Waals surface area contributed by atoms with Gasteiger partial charge in [0.1, 0.15) is 0 Å². The summed E-state index contributed by atoms with van der Waals surface area (Å²) in [4.78, 5) is 11.3. The molecule has 26 heavy (non-hydrogen) atoms. The van der Waals surface area contributed by atoms with Gasteiger partial charge in [0, 0.05) is 18.7 Å². The first-order valence-electron chi connectivity index (χ1n) is 7.86. The Morgan fingerprint density at radius 3 is 2.73 bits per heavy atom. The number of hydrogen-bond acceptors (Lipinski definition) is 8. The van der Waals surface area contributed by atoms with Gasteiger partial charge in [0.2, 0.25) is 21.8 Å². The highest BCUT2D eigenvalue weighted by atomic mass is 32.2. The lowest BCUT2D eigenvalue weighted by molar-refractivity contribution is -0.117. The number of aromatic nitrogens is 2. The van der Waals surface area contributed by atoms with Gasteiger partial charge in [-0.15, -0.1) is 10.2 Å². The van der Waals surface area contributed by atoms with Gasteiger partial charge in [-0.2, -0.15) is 4.31 Å². The van der Waals surface area contributed by atoms with Crippen LogP contribution in [0.15, 0.2) is 38.8 Å². The van der Waals surface area contributed by atoms with Gasteiger partial charge in [0.05, 0.1) is 23.4 Å². The predicted molar refractivity (Wildman–Crippen MR) is 93.8 cm³/mol. The van der Waals surface area contributed by atoms with Crippen LogP contribution in [0.3, 0.4) is 0 Å². The first-order valence-corrected chi connectivity index (χ1v) is 10.2. The highest BCUT2D eigenvalue weighted by Crippen LogP contribution is 2.28. The number of morpholine rings is 1. The molecule has 1 aliphatic rings. The van der Waals surface area contributed by atoms with Gasteiger partial charge in [-0.05, 0) is 25.1 Å².